The molecule has 0 spiro atoms. The molecule has 0 aliphatic heterocycles. The minimum absolute atomic E-state index is 0.111. The maximum Gasteiger partial charge on any atom is 0.434 e. The molecule has 0 radical (unpaired) electrons. The standard InChI is InChI=1S/C23H23F3N6O2S/c1-5-6-29-22(33)32-19-8-16(21-31-18(12-35-21)23(24,25)26)17(11-30-19)14-7-15(10-28-9-14)20(27-4)34-13(2)3/h7-12H,2,5-6H2,1,3-4H3,(H2,29,30,32,33). The van der Waals surface area contributed by atoms with Gasteiger partial charge in [-0.3, -0.25) is 15.3 Å². The average Bonchev–Trinajstić information content (AvgIpc) is 3.32. The minimum atomic E-state index is -4.59. The number of carbonyl (C=O) groups is 1. The molecule has 184 valence electrons. The Hall–Kier alpha value is -3.80. The van der Waals surface area contributed by atoms with Crippen LogP contribution in [0, 0.1) is 0 Å². The van der Waals surface area contributed by atoms with Crippen LogP contribution >= 0.6 is 11.3 Å². The number of pyridine rings is 2. The number of hydrogen-bond donors (Lipinski definition) is 2. The fraction of sp³-hybridized carbons (Fsp3) is 0.261. The van der Waals surface area contributed by atoms with E-state index in [1.165, 1.54) is 18.5 Å². The quantitative estimate of drug-likeness (QED) is 0.243. The van der Waals surface area contributed by atoms with Crippen molar-refractivity contribution in [1.82, 2.24) is 20.3 Å². The van der Waals surface area contributed by atoms with Gasteiger partial charge in [-0.2, -0.15) is 13.2 Å². The van der Waals surface area contributed by atoms with Gasteiger partial charge in [0.05, 0.1) is 11.3 Å². The van der Waals surface area contributed by atoms with Crippen LogP contribution in [0.5, 0.6) is 0 Å². The monoisotopic (exact) mass is 504 g/mol. The van der Waals surface area contributed by atoms with Crippen LogP contribution in [0.1, 0.15) is 31.5 Å². The smallest absolute Gasteiger partial charge is 0.434 e. The fourth-order valence-electron chi connectivity index (χ4n) is 2.96. The van der Waals surface area contributed by atoms with Crippen molar-refractivity contribution < 1.29 is 22.7 Å². The zero-order valence-corrected chi connectivity index (χ0v) is 20.0. The van der Waals surface area contributed by atoms with Gasteiger partial charge >= 0.3 is 12.2 Å². The minimum Gasteiger partial charge on any atom is -0.444 e. The van der Waals surface area contributed by atoms with Gasteiger partial charge in [0.15, 0.2) is 5.69 Å². The maximum atomic E-state index is 13.2. The van der Waals surface area contributed by atoms with Gasteiger partial charge in [0, 0.05) is 54.3 Å². The lowest BCUT2D eigenvalue weighted by Gasteiger charge is -2.13. The summed E-state index contributed by atoms with van der Waals surface area (Å²) < 4.78 is 45.2. The number of aliphatic imine (C=N–C) groups is 1. The molecule has 3 aromatic rings. The number of nitrogens with one attached hydrogen (secondary N) is 2. The normalized spacial score (nSPS) is 11.8. The maximum absolute atomic E-state index is 13.2. The van der Waals surface area contributed by atoms with Crippen molar-refractivity contribution in [3.8, 4) is 21.7 Å². The van der Waals surface area contributed by atoms with E-state index in [0.717, 1.165) is 23.1 Å². The van der Waals surface area contributed by atoms with E-state index in [1.807, 2.05) is 6.92 Å². The summed E-state index contributed by atoms with van der Waals surface area (Å²) in [6.45, 7) is 7.75. The van der Waals surface area contributed by atoms with E-state index in [2.05, 4.69) is 37.2 Å². The third kappa shape index (κ3) is 6.63. The summed E-state index contributed by atoms with van der Waals surface area (Å²) in [6, 6.07) is 2.72. The topological polar surface area (TPSA) is 101 Å². The summed E-state index contributed by atoms with van der Waals surface area (Å²) in [4.78, 5) is 28.5. The molecule has 0 atom stereocenters. The molecule has 3 rings (SSSR count). The number of thiazole rings is 1. The number of carbonyl (C=O) groups excluding carboxylic acids is 1. The van der Waals surface area contributed by atoms with Crippen LogP contribution in [0.2, 0.25) is 0 Å². The number of aromatic nitrogens is 3. The summed E-state index contributed by atoms with van der Waals surface area (Å²) in [6.07, 6.45) is 0.684. The highest BCUT2D eigenvalue weighted by atomic mass is 32.1. The molecule has 2 amide bonds. The number of hydrogen-bond acceptors (Lipinski definition) is 7. The van der Waals surface area contributed by atoms with Crippen LogP contribution in [0.3, 0.4) is 0 Å². The van der Waals surface area contributed by atoms with Crippen molar-refractivity contribution in [2.24, 2.45) is 4.99 Å². The predicted octanol–water partition coefficient (Wildman–Crippen LogP) is 5.74. The van der Waals surface area contributed by atoms with Gasteiger partial charge in [0.1, 0.15) is 10.8 Å². The molecule has 0 bridgehead atoms. The Labute approximate surface area is 204 Å². The second-order valence-corrected chi connectivity index (χ2v) is 8.18. The Balaban J connectivity index is 2.09. The third-order valence-electron chi connectivity index (χ3n) is 4.48. The molecule has 0 aliphatic carbocycles. The number of rotatable bonds is 7. The second kappa shape index (κ2) is 11.1. The van der Waals surface area contributed by atoms with E-state index in [-0.39, 0.29) is 16.7 Å². The number of ether oxygens (including phenoxy) is 1. The van der Waals surface area contributed by atoms with Crippen LogP contribution < -0.4 is 10.6 Å². The molecule has 0 aromatic carbocycles. The van der Waals surface area contributed by atoms with Crippen molar-refractivity contribution in [2.75, 3.05) is 18.9 Å². The van der Waals surface area contributed by atoms with Crippen molar-refractivity contribution in [3.05, 3.63) is 59.7 Å². The number of urea groups is 1. The molecular weight excluding hydrogens is 481 g/mol. The number of nitrogens with zero attached hydrogens (tertiary/aromatic N) is 4. The largest absolute Gasteiger partial charge is 0.444 e. The highest BCUT2D eigenvalue weighted by molar-refractivity contribution is 7.13. The first-order valence-electron chi connectivity index (χ1n) is 10.5. The molecule has 0 unspecified atom stereocenters. The zero-order chi connectivity index (χ0) is 25.6. The molecule has 12 heteroatoms. The molecule has 0 aliphatic rings. The Morgan fingerprint density at radius 3 is 2.63 bits per heavy atom. The van der Waals surface area contributed by atoms with E-state index in [0.29, 0.717) is 34.6 Å². The highest BCUT2D eigenvalue weighted by Gasteiger charge is 2.34. The Morgan fingerprint density at radius 1 is 1.23 bits per heavy atom. The lowest BCUT2D eigenvalue weighted by Crippen LogP contribution is -2.29. The summed E-state index contributed by atoms with van der Waals surface area (Å²) >= 11 is 0.836. The molecule has 2 N–H and O–H groups in total. The fourth-order valence-corrected chi connectivity index (χ4v) is 3.82. The van der Waals surface area contributed by atoms with Crippen molar-refractivity contribution in [3.63, 3.8) is 0 Å². The average molecular weight is 505 g/mol. The van der Waals surface area contributed by atoms with Crippen LogP contribution in [0.25, 0.3) is 21.7 Å². The van der Waals surface area contributed by atoms with Gasteiger partial charge in [-0.05, 0) is 25.5 Å². The summed E-state index contributed by atoms with van der Waals surface area (Å²) in [5.74, 6) is 0.866. The van der Waals surface area contributed by atoms with E-state index in [4.69, 9.17) is 4.74 Å². The van der Waals surface area contributed by atoms with Crippen molar-refractivity contribution in [1.29, 1.82) is 0 Å². The first kappa shape index (κ1) is 25.8. The van der Waals surface area contributed by atoms with Gasteiger partial charge in [0.25, 0.3) is 0 Å². The van der Waals surface area contributed by atoms with Gasteiger partial charge in [-0.1, -0.05) is 13.5 Å². The molecule has 8 nitrogen and oxygen atoms in total. The molecule has 0 saturated heterocycles. The molecule has 3 aromatic heterocycles. The third-order valence-corrected chi connectivity index (χ3v) is 5.35. The molecule has 3 heterocycles. The molecule has 0 fully saturated rings. The Morgan fingerprint density at radius 2 is 2.00 bits per heavy atom. The second-order valence-electron chi connectivity index (χ2n) is 7.33. The first-order chi connectivity index (χ1) is 16.6. The Kier molecular flexibility index (Phi) is 8.18. The SMILES string of the molecule is C=C(C)OC(=NC)c1cncc(-c2cnc(NC(=O)NCCC)cc2-c2nc(C(F)(F)F)cs2)c1. The summed E-state index contributed by atoms with van der Waals surface area (Å²) in [5.41, 5.74) is 0.892. The predicted molar refractivity (Wildman–Crippen MR) is 129 cm³/mol. The highest BCUT2D eigenvalue weighted by Crippen LogP contribution is 2.38. The number of halogens is 3. The van der Waals surface area contributed by atoms with Gasteiger partial charge in [-0.15, -0.1) is 11.3 Å². The molecule has 0 saturated carbocycles. The molecule has 35 heavy (non-hydrogen) atoms. The van der Waals surface area contributed by atoms with Crippen LogP contribution in [0.4, 0.5) is 23.8 Å². The lowest BCUT2D eigenvalue weighted by atomic mass is 10.0. The zero-order valence-electron chi connectivity index (χ0n) is 19.2. The first-order valence-corrected chi connectivity index (χ1v) is 11.3. The van der Waals surface area contributed by atoms with Crippen LogP contribution in [-0.4, -0.2) is 40.5 Å². The van der Waals surface area contributed by atoms with E-state index in [1.54, 1.807) is 26.2 Å². The van der Waals surface area contributed by atoms with Gasteiger partial charge in [-0.25, -0.2) is 14.8 Å². The number of allylic oxidation sites excluding steroid dienone is 1. The van der Waals surface area contributed by atoms with Crippen molar-refractivity contribution >= 4 is 29.1 Å². The van der Waals surface area contributed by atoms with Crippen LogP contribution in [0.15, 0.2) is 53.4 Å². The Bertz CT molecular complexity index is 1260. The number of alkyl halides is 3. The molecular formula is C23H23F3N6O2S. The van der Waals surface area contributed by atoms with E-state index in [9.17, 15) is 18.0 Å². The van der Waals surface area contributed by atoms with E-state index < -0.39 is 17.9 Å². The van der Waals surface area contributed by atoms with Crippen LogP contribution in [-0.2, 0) is 10.9 Å². The van der Waals surface area contributed by atoms with Gasteiger partial charge in [0.2, 0.25) is 5.90 Å². The van der Waals surface area contributed by atoms with Gasteiger partial charge < -0.3 is 10.1 Å². The summed E-state index contributed by atoms with van der Waals surface area (Å²) in [7, 11) is 1.55. The lowest BCUT2D eigenvalue weighted by molar-refractivity contribution is -0.140. The van der Waals surface area contributed by atoms with Crippen molar-refractivity contribution in [2.45, 2.75) is 26.4 Å². The number of anilines is 1. The summed E-state index contributed by atoms with van der Waals surface area (Å²) in [5, 5.41) is 6.30. The number of amides is 2. The van der Waals surface area contributed by atoms with E-state index >= 15 is 0 Å².